The summed E-state index contributed by atoms with van der Waals surface area (Å²) in [6, 6.07) is 6.32. The highest BCUT2D eigenvalue weighted by Gasteiger charge is 2.24. The lowest BCUT2D eigenvalue weighted by Crippen LogP contribution is -2.43. The van der Waals surface area contributed by atoms with Crippen molar-refractivity contribution in [2.45, 2.75) is 37.8 Å². The number of primary amides is 1. The summed E-state index contributed by atoms with van der Waals surface area (Å²) in [6.45, 7) is 0. The van der Waals surface area contributed by atoms with Gasteiger partial charge in [0, 0.05) is 36.1 Å². The quantitative estimate of drug-likeness (QED) is 0.429. The van der Waals surface area contributed by atoms with Crippen molar-refractivity contribution < 1.29 is 13.9 Å². The van der Waals surface area contributed by atoms with E-state index in [0.717, 1.165) is 42.9 Å². The van der Waals surface area contributed by atoms with Crippen LogP contribution in [0.1, 0.15) is 36.0 Å². The average Bonchev–Trinajstić information content (AvgIpc) is 2.82. The van der Waals surface area contributed by atoms with Crippen LogP contribution in [0.3, 0.4) is 0 Å². The zero-order chi connectivity index (χ0) is 23.4. The second-order valence-corrected chi connectivity index (χ2v) is 7.95. The molecule has 6 N–H and O–H groups in total. The molecule has 1 saturated carbocycles. The molecule has 3 aromatic rings. The van der Waals surface area contributed by atoms with Crippen LogP contribution in [-0.4, -0.2) is 40.1 Å². The monoisotopic (exact) mass is 451 g/mol. The predicted octanol–water partition coefficient (Wildman–Crippen LogP) is 3.21. The Morgan fingerprint density at radius 3 is 2.73 bits per heavy atom. The minimum atomic E-state index is -0.798. The number of halogens is 1. The molecule has 10 heteroatoms. The number of carbonyl (C=O) groups is 1. The molecule has 4 rings (SSSR count). The molecule has 33 heavy (non-hydrogen) atoms. The van der Waals surface area contributed by atoms with E-state index in [4.69, 9.17) is 16.2 Å². The van der Waals surface area contributed by atoms with E-state index in [1.54, 1.807) is 31.8 Å². The molecule has 1 aliphatic rings. The lowest BCUT2D eigenvalue weighted by molar-refractivity contribution is 0.100. The Hall–Kier alpha value is -3.79. The van der Waals surface area contributed by atoms with E-state index in [0.29, 0.717) is 11.6 Å². The molecule has 3 heterocycles. The molecular formula is C23H26FN7O2. The van der Waals surface area contributed by atoms with Crippen LogP contribution in [0.2, 0.25) is 0 Å². The van der Waals surface area contributed by atoms with Crippen LogP contribution in [0.25, 0.3) is 11.1 Å². The Bertz CT molecular complexity index is 1160. The molecule has 0 aromatic carbocycles. The van der Waals surface area contributed by atoms with Crippen molar-refractivity contribution in [2.75, 3.05) is 17.7 Å². The van der Waals surface area contributed by atoms with Gasteiger partial charge in [0.15, 0.2) is 11.6 Å². The van der Waals surface area contributed by atoms with Crippen molar-refractivity contribution in [3.05, 3.63) is 54.2 Å². The minimum Gasteiger partial charge on any atom is -0.481 e. The number of anilines is 3. The number of nitrogens with two attached hydrogens (primary N) is 2. The molecular weight excluding hydrogens is 425 g/mol. The third-order valence-corrected chi connectivity index (χ3v) is 5.66. The van der Waals surface area contributed by atoms with E-state index in [1.807, 2.05) is 12.1 Å². The highest BCUT2D eigenvalue weighted by Crippen LogP contribution is 2.29. The second kappa shape index (κ2) is 9.78. The molecule has 9 nitrogen and oxygen atoms in total. The number of ether oxygens (including phenoxy) is 1. The van der Waals surface area contributed by atoms with Crippen LogP contribution in [0, 0.1) is 5.82 Å². The molecule has 2 atom stereocenters. The second-order valence-electron chi connectivity index (χ2n) is 7.95. The standard InChI is InChI=1S/C23H26FN7O2/c1-33-20-9-13(6-7-28-20)14-8-15(12-27-11-14)29-22-16(21(26)32)10-17(24)23(31-22)30-19-5-3-2-4-18(19)25/h6-12,18-19H,2-5,25H2,1H3,(H2,26,32)(H2,29,30,31)/t18-,19+/m1/s1. The molecule has 0 saturated heterocycles. The minimum absolute atomic E-state index is 0.0211. The van der Waals surface area contributed by atoms with Gasteiger partial charge in [-0.15, -0.1) is 0 Å². The van der Waals surface area contributed by atoms with Crippen molar-refractivity contribution in [1.29, 1.82) is 0 Å². The third-order valence-electron chi connectivity index (χ3n) is 5.66. The number of amides is 1. The number of carbonyl (C=O) groups excluding carboxylic acids is 1. The van der Waals surface area contributed by atoms with Gasteiger partial charge >= 0.3 is 0 Å². The summed E-state index contributed by atoms with van der Waals surface area (Å²) in [5.74, 6) is -0.843. The van der Waals surface area contributed by atoms with Gasteiger partial charge in [-0.25, -0.2) is 14.4 Å². The number of aromatic nitrogens is 3. The Kier molecular flexibility index (Phi) is 6.64. The fourth-order valence-corrected chi connectivity index (χ4v) is 3.89. The molecule has 172 valence electrons. The molecule has 0 bridgehead atoms. The molecule has 0 unspecified atom stereocenters. The highest BCUT2D eigenvalue weighted by molar-refractivity contribution is 5.98. The number of hydrogen-bond donors (Lipinski definition) is 4. The van der Waals surface area contributed by atoms with Gasteiger partial charge in [-0.1, -0.05) is 12.8 Å². The van der Waals surface area contributed by atoms with Gasteiger partial charge < -0.3 is 26.8 Å². The summed E-state index contributed by atoms with van der Waals surface area (Å²) >= 11 is 0. The first-order chi connectivity index (χ1) is 15.9. The number of nitrogens with one attached hydrogen (secondary N) is 2. The van der Waals surface area contributed by atoms with E-state index >= 15 is 0 Å². The van der Waals surface area contributed by atoms with E-state index in [-0.39, 0.29) is 29.3 Å². The van der Waals surface area contributed by atoms with E-state index in [1.165, 1.54) is 0 Å². The molecule has 3 aromatic heterocycles. The summed E-state index contributed by atoms with van der Waals surface area (Å²) in [7, 11) is 1.54. The summed E-state index contributed by atoms with van der Waals surface area (Å²) < 4.78 is 19.9. The van der Waals surface area contributed by atoms with Gasteiger partial charge in [-0.05, 0) is 36.6 Å². The number of nitrogens with zero attached hydrogens (tertiary/aromatic N) is 3. The first kappa shape index (κ1) is 22.4. The Morgan fingerprint density at radius 1 is 1.15 bits per heavy atom. The number of methoxy groups -OCH3 is 1. The zero-order valence-corrected chi connectivity index (χ0v) is 18.2. The van der Waals surface area contributed by atoms with Gasteiger partial charge in [0.05, 0.1) is 24.6 Å². The fourth-order valence-electron chi connectivity index (χ4n) is 3.89. The SMILES string of the molecule is COc1cc(-c2cncc(Nc3nc(N[C@H]4CCCC[C@H]4N)c(F)cc3C(N)=O)c2)ccn1. The summed E-state index contributed by atoms with van der Waals surface area (Å²) in [6.07, 6.45) is 8.64. The van der Waals surface area contributed by atoms with Crippen LogP contribution >= 0.6 is 0 Å². The lowest BCUT2D eigenvalue weighted by atomic mass is 9.91. The van der Waals surface area contributed by atoms with E-state index < -0.39 is 11.7 Å². The van der Waals surface area contributed by atoms with Gasteiger partial charge in [-0.2, -0.15) is 0 Å². The smallest absolute Gasteiger partial charge is 0.252 e. The van der Waals surface area contributed by atoms with Crippen molar-refractivity contribution >= 4 is 23.2 Å². The summed E-state index contributed by atoms with van der Waals surface area (Å²) in [4.78, 5) is 24.7. The van der Waals surface area contributed by atoms with Crippen molar-refractivity contribution in [1.82, 2.24) is 15.0 Å². The largest absolute Gasteiger partial charge is 0.481 e. The van der Waals surface area contributed by atoms with Crippen molar-refractivity contribution in [2.24, 2.45) is 11.5 Å². The van der Waals surface area contributed by atoms with Gasteiger partial charge in [-0.3, -0.25) is 9.78 Å². The zero-order valence-electron chi connectivity index (χ0n) is 18.2. The van der Waals surface area contributed by atoms with Gasteiger partial charge in [0.25, 0.3) is 5.91 Å². The predicted molar refractivity (Wildman–Crippen MR) is 124 cm³/mol. The maximum Gasteiger partial charge on any atom is 0.252 e. The molecule has 1 fully saturated rings. The fraction of sp³-hybridized carbons (Fsp3) is 0.304. The molecule has 1 amide bonds. The van der Waals surface area contributed by atoms with E-state index in [9.17, 15) is 9.18 Å². The van der Waals surface area contributed by atoms with Crippen LogP contribution < -0.4 is 26.8 Å². The third kappa shape index (κ3) is 5.17. The topological polar surface area (TPSA) is 141 Å². The first-order valence-electron chi connectivity index (χ1n) is 10.7. The molecule has 0 aliphatic heterocycles. The van der Waals surface area contributed by atoms with Crippen LogP contribution in [0.5, 0.6) is 5.88 Å². The molecule has 1 aliphatic carbocycles. The van der Waals surface area contributed by atoms with Crippen LogP contribution in [0.4, 0.5) is 21.7 Å². The summed E-state index contributed by atoms with van der Waals surface area (Å²) in [5, 5.41) is 6.15. The summed E-state index contributed by atoms with van der Waals surface area (Å²) in [5.41, 5.74) is 13.8. The van der Waals surface area contributed by atoms with Gasteiger partial charge in [0.1, 0.15) is 5.82 Å². The lowest BCUT2D eigenvalue weighted by Gasteiger charge is -2.30. The highest BCUT2D eigenvalue weighted by atomic mass is 19.1. The maximum absolute atomic E-state index is 14.7. The molecule has 0 radical (unpaired) electrons. The van der Waals surface area contributed by atoms with E-state index in [2.05, 4.69) is 25.6 Å². The van der Waals surface area contributed by atoms with Crippen LogP contribution in [-0.2, 0) is 0 Å². The normalized spacial score (nSPS) is 17.9. The Balaban J connectivity index is 1.64. The number of pyridine rings is 3. The van der Waals surface area contributed by atoms with Crippen molar-refractivity contribution in [3.63, 3.8) is 0 Å². The Labute approximate surface area is 190 Å². The maximum atomic E-state index is 14.7. The Morgan fingerprint density at radius 2 is 1.97 bits per heavy atom. The molecule has 0 spiro atoms. The van der Waals surface area contributed by atoms with Gasteiger partial charge in [0.2, 0.25) is 5.88 Å². The van der Waals surface area contributed by atoms with Crippen LogP contribution in [0.15, 0.2) is 42.9 Å². The number of hydrogen-bond acceptors (Lipinski definition) is 8. The average molecular weight is 452 g/mol. The number of rotatable bonds is 7. The first-order valence-corrected chi connectivity index (χ1v) is 10.7. The van der Waals surface area contributed by atoms with Crippen molar-refractivity contribution in [3.8, 4) is 17.0 Å².